The first-order chi connectivity index (χ1) is 8.97. The molecule has 0 aromatic heterocycles. The summed E-state index contributed by atoms with van der Waals surface area (Å²) in [4.78, 5) is 11.3. The molecule has 108 valence electrons. The van der Waals surface area contributed by atoms with Crippen molar-refractivity contribution in [1.29, 1.82) is 0 Å². The minimum Gasteiger partial charge on any atom is -0.463 e. The zero-order valence-electron chi connectivity index (χ0n) is 12.3. The highest BCUT2D eigenvalue weighted by atomic mass is 16.7. The predicted octanol–water partition coefficient (Wildman–Crippen LogP) is 2.53. The number of hydrogen-bond donors (Lipinski definition) is 0. The van der Waals surface area contributed by atoms with Crippen molar-refractivity contribution in [2.24, 2.45) is 5.41 Å². The summed E-state index contributed by atoms with van der Waals surface area (Å²) in [5.41, 5.74) is -0.283. The van der Waals surface area contributed by atoms with Crippen LogP contribution in [0.1, 0.15) is 34.1 Å². The zero-order chi connectivity index (χ0) is 14.7. The van der Waals surface area contributed by atoms with E-state index in [1.54, 1.807) is 13.0 Å². The van der Waals surface area contributed by atoms with E-state index < -0.39 is 0 Å². The molecule has 19 heavy (non-hydrogen) atoms. The second-order valence-electron chi connectivity index (χ2n) is 4.68. The first-order valence-electron chi connectivity index (χ1n) is 6.45. The lowest BCUT2D eigenvalue weighted by molar-refractivity contribution is -0.137. The fourth-order valence-corrected chi connectivity index (χ4v) is 1.47. The van der Waals surface area contributed by atoms with Crippen molar-refractivity contribution in [2.45, 2.75) is 40.2 Å². The predicted molar refractivity (Wildman–Crippen MR) is 74.4 cm³/mol. The van der Waals surface area contributed by atoms with E-state index in [1.165, 1.54) is 6.08 Å². The Morgan fingerprint density at radius 1 is 1.37 bits per heavy atom. The van der Waals surface area contributed by atoms with Crippen molar-refractivity contribution >= 4 is 5.97 Å². The fraction of sp³-hybridized carbons (Fsp3) is 0.667. The summed E-state index contributed by atoms with van der Waals surface area (Å²) in [7, 11) is 0. The third kappa shape index (κ3) is 7.66. The van der Waals surface area contributed by atoms with Crippen LogP contribution in [-0.4, -0.2) is 32.1 Å². The van der Waals surface area contributed by atoms with E-state index in [2.05, 4.69) is 5.92 Å². The molecular formula is C15H24O4. The number of esters is 1. The summed E-state index contributed by atoms with van der Waals surface area (Å²) in [6.07, 6.45) is 8.64. The Bertz CT molecular complexity index is 326. The molecule has 0 rings (SSSR count). The Kier molecular flexibility index (Phi) is 8.94. The molecule has 0 bridgehead atoms. The van der Waals surface area contributed by atoms with E-state index in [1.807, 2.05) is 20.8 Å². The number of carbonyl (C=O) groups excluding carboxylic acids is 1. The Morgan fingerprint density at radius 2 is 2.05 bits per heavy atom. The smallest absolute Gasteiger partial charge is 0.330 e. The van der Waals surface area contributed by atoms with Gasteiger partial charge in [0, 0.05) is 24.5 Å². The van der Waals surface area contributed by atoms with Crippen LogP contribution in [0.5, 0.6) is 0 Å². The standard InChI is InChI=1S/C15H24O4/c1-6-11-15(4,5)13(19-12-17-7-2)9-10-14(16)18-8-3/h1,9-10,13H,7-8,11-12H2,2-5H3. The second kappa shape index (κ2) is 9.60. The first kappa shape index (κ1) is 17.7. The summed E-state index contributed by atoms with van der Waals surface area (Å²) in [5, 5.41) is 0. The number of ether oxygens (including phenoxy) is 3. The summed E-state index contributed by atoms with van der Waals surface area (Å²) in [6.45, 7) is 8.71. The van der Waals surface area contributed by atoms with Gasteiger partial charge in [-0.05, 0) is 19.9 Å². The SMILES string of the molecule is C#CCC(C)(C)C(C=CC(=O)OCC)OCOCC. The van der Waals surface area contributed by atoms with Gasteiger partial charge >= 0.3 is 5.97 Å². The van der Waals surface area contributed by atoms with Crippen molar-refractivity contribution in [3.05, 3.63) is 12.2 Å². The molecule has 0 heterocycles. The Morgan fingerprint density at radius 3 is 2.58 bits per heavy atom. The normalized spacial score (nSPS) is 13.2. The second-order valence-corrected chi connectivity index (χ2v) is 4.68. The van der Waals surface area contributed by atoms with Gasteiger partial charge in [-0.3, -0.25) is 0 Å². The highest BCUT2D eigenvalue weighted by Gasteiger charge is 2.28. The molecule has 0 saturated heterocycles. The zero-order valence-corrected chi connectivity index (χ0v) is 12.3. The number of terminal acetylenes is 1. The molecule has 4 heteroatoms. The molecule has 4 nitrogen and oxygen atoms in total. The van der Waals surface area contributed by atoms with Crippen molar-refractivity contribution < 1.29 is 19.0 Å². The van der Waals surface area contributed by atoms with E-state index in [-0.39, 0.29) is 24.3 Å². The summed E-state index contributed by atoms with van der Waals surface area (Å²) >= 11 is 0. The highest BCUT2D eigenvalue weighted by molar-refractivity contribution is 5.81. The quantitative estimate of drug-likeness (QED) is 0.212. The molecule has 0 saturated carbocycles. The Labute approximate surface area is 116 Å². The van der Waals surface area contributed by atoms with E-state index in [9.17, 15) is 4.79 Å². The molecule has 0 amide bonds. The summed E-state index contributed by atoms with van der Waals surface area (Å²) < 4.78 is 15.6. The molecule has 1 atom stereocenters. The lowest BCUT2D eigenvalue weighted by Gasteiger charge is -2.30. The van der Waals surface area contributed by atoms with Crippen LogP contribution in [-0.2, 0) is 19.0 Å². The van der Waals surface area contributed by atoms with Crippen molar-refractivity contribution in [2.75, 3.05) is 20.0 Å². The van der Waals surface area contributed by atoms with E-state index in [0.29, 0.717) is 19.6 Å². The third-order valence-corrected chi connectivity index (χ3v) is 2.56. The molecular weight excluding hydrogens is 244 g/mol. The van der Waals surface area contributed by atoms with Crippen molar-refractivity contribution in [3.8, 4) is 12.3 Å². The van der Waals surface area contributed by atoms with Gasteiger partial charge in [0.1, 0.15) is 6.79 Å². The molecule has 1 unspecified atom stereocenters. The van der Waals surface area contributed by atoms with Gasteiger partial charge in [0.05, 0.1) is 12.7 Å². The highest BCUT2D eigenvalue weighted by Crippen LogP contribution is 2.28. The molecule has 0 aliphatic rings. The van der Waals surface area contributed by atoms with Crippen LogP contribution in [0.4, 0.5) is 0 Å². The van der Waals surface area contributed by atoms with Gasteiger partial charge in [0.15, 0.2) is 0 Å². The summed E-state index contributed by atoms with van der Waals surface area (Å²) in [5.74, 6) is 2.24. The fourth-order valence-electron chi connectivity index (χ4n) is 1.47. The van der Waals surface area contributed by atoms with Crippen LogP contribution in [0.25, 0.3) is 0 Å². The maximum atomic E-state index is 11.3. The van der Waals surface area contributed by atoms with Crippen molar-refractivity contribution in [1.82, 2.24) is 0 Å². The van der Waals surface area contributed by atoms with E-state index >= 15 is 0 Å². The third-order valence-electron chi connectivity index (χ3n) is 2.56. The average molecular weight is 268 g/mol. The number of rotatable bonds is 9. The van der Waals surface area contributed by atoms with Crippen LogP contribution in [0.15, 0.2) is 12.2 Å². The Balaban J connectivity index is 4.66. The monoisotopic (exact) mass is 268 g/mol. The molecule has 0 aliphatic heterocycles. The van der Waals surface area contributed by atoms with Crippen LogP contribution in [0.3, 0.4) is 0 Å². The van der Waals surface area contributed by atoms with Crippen LogP contribution < -0.4 is 0 Å². The molecule has 0 aliphatic carbocycles. The minimum absolute atomic E-state index is 0.169. The number of hydrogen-bond acceptors (Lipinski definition) is 4. The van der Waals surface area contributed by atoms with E-state index in [4.69, 9.17) is 20.6 Å². The maximum absolute atomic E-state index is 11.3. The van der Waals surface area contributed by atoms with Gasteiger partial charge in [-0.15, -0.1) is 12.3 Å². The van der Waals surface area contributed by atoms with Gasteiger partial charge in [-0.1, -0.05) is 13.8 Å². The molecule has 0 N–H and O–H groups in total. The van der Waals surface area contributed by atoms with Gasteiger partial charge in [0.2, 0.25) is 0 Å². The van der Waals surface area contributed by atoms with Crippen LogP contribution in [0.2, 0.25) is 0 Å². The minimum atomic E-state index is -0.385. The van der Waals surface area contributed by atoms with Crippen LogP contribution in [0, 0.1) is 17.8 Å². The van der Waals surface area contributed by atoms with Gasteiger partial charge in [-0.2, -0.15) is 0 Å². The molecule has 0 aromatic rings. The maximum Gasteiger partial charge on any atom is 0.330 e. The van der Waals surface area contributed by atoms with Gasteiger partial charge < -0.3 is 14.2 Å². The molecule has 0 aromatic carbocycles. The lowest BCUT2D eigenvalue weighted by atomic mass is 9.83. The van der Waals surface area contributed by atoms with Crippen LogP contribution >= 0.6 is 0 Å². The molecule has 0 fully saturated rings. The van der Waals surface area contributed by atoms with Crippen molar-refractivity contribution in [3.63, 3.8) is 0 Å². The largest absolute Gasteiger partial charge is 0.463 e. The van der Waals surface area contributed by atoms with Gasteiger partial charge in [0.25, 0.3) is 0 Å². The number of carbonyl (C=O) groups is 1. The summed E-state index contributed by atoms with van der Waals surface area (Å²) in [6, 6.07) is 0. The average Bonchev–Trinajstić information content (AvgIpc) is 2.33. The van der Waals surface area contributed by atoms with E-state index in [0.717, 1.165) is 0 Å². The molecule has 0 radical (unpaired) electrons. The first-order valence-corrected chi connectivity index (χ1v) is 6.45. The molecule has 0 spiro atoms. The lowest BCUT2D eigenvalue weighted by Crippen LogP contribution is -2.31. The Hall–Kier alpha value is -1.31. The van der Waals surface area contributed by atoms with Gasteiger partial charge in [-0.25, -0.2) is 4.79 Å². The topological polar surface area (TPSA) is 44.8 Å².